The summed E-state index contributed by atoms with van der Waals surface area (Å²) in [7, 11) is 3.59. The van der Waals surface area contributed by atoms with Crippen molar-refractivity contribution in [2.45, 2.75) is 13.1 Å². The highest BCUT2D eigenvalue weighted by Gasteiger charge is 2.34. The molecule has 0 spiro atoms. The van der Waals surface area contributed by atoms with E-state index in [1.54, 1.807) is 42.8 Å². The summed E-state index contributed by atoms with van der Waals surface area (Å²) in [5, 5.41) is 1.51. The average Bonchev–Trinajstić information content (AvgIpc) is 2.97. The fraction of sp³-hybridized carbons (Fsp3) is 0.263. The maximum atomic E-state index is 12.3. The van der Waals surface area contributed by atoms with Gasteiger partial charge < -0.3 is 9.64 Å². The van der Waals surface area contributed by atoms with Crippen LogP contribution in [0, 0.1) is 0 Å². The average molecular weight is 390 g/mol. The van der Waals surface area contributed by atoms with E-state index in [9.17, 15) is 4.79 Å². The van der Waals surface area contributed by atoms with Gasteiger partial charge in [-0.2, -0.15) is 0 Å². The van der Waals surface area contributed by atoms with Crippen molar-refractivity contribution < 1.29 is 9.53 Å². The zero-order chi connectivity index (χ0) is 18.7. The highest BCUT2D eigenvalue weighted by Crippen LogP contribution is 2.31. The summed E-state index contributed by atoms with van der Waals surface area (Å²) in [4.78, 5) is 20.8. The Hall–Kier alpha value is -2.18. The third-order valence-electron chi connectivity index (χ3n) is 4.13. The molecule has 1 fully saturated rings. The highest BCUT2D eigenvalue weighted by molar-refractivity contribution is 8.14. The molecule has 1 saturated heterocycles. The molecule has 0 bridgehead atoms. The number of amidine groups is 1. The lowest BCUT2D eigenvalue weighted by molar-refractivity contribution is -0.117. The van der Waals surface area contributed by atoms with Crippen molar-refractivity contribution in [1.29, 1.82) is 0 Å². The highest BCUT2D eigenvalue weighted by atomic mass is 35.5. The molecule has 7 heteroatoms. The monoisotopic (exact) mass is 389 g/mol. The van der Waals surface area contributed by atoms with E-state index in [1.807, 2.05) is 48.3 Å². The number of amides is 1. The van der Waals surface area contributed by atoms with Gasteiger partial charge in [-0.3, -0.25) is 9.69 Å². The molecule has 2 aromatic carbocycles. The first-order valence-corrected chi connectivity index (χ1v) is 9.49. The van der Waals surface area contributed by atoms with Gasteiger partial charge in [0.25, 0.3) is 0 Å². The Morgan fingerprint density at radius 1 is 1.31 bits per heavy atom. The Morgan fingerprint density at radius 3 is 2.69 bits per heavy atom. The Morgan fingerprint density at radius 2 is 2.04 bits per heavy atom. The molecule has 0 radical (unpaired) electrons. The fourth-order valence-electron chi connectivity index (χ4n) is 2.80. The molecule has 1 aliphatic heterocycles. The summed E-state index contributed by atoms with van der Waals surface area (Å²) in [6.07, 6.45) is -0.108. The van der Waals surface area contributed by atoms with Crippen molar-refractivity contribution in [1.82, 2.24) is 4.90 Å². The maximum absolute atomic E-state index is 12.3. The number of methoxy groups -OCH3 is 1. The SMILES string of the molecule is COc1cccc(N=C2SCC(N(C(C)=O)c3ccc(Cl)cc3)N2C)c1. The van der Waals surface area contributed by atoms with Gasteiger partial charge in [0.1, 0.15) is 11.9 Å². The summed E-state index contributed by atoms with van der Waals surface area (Å²) >= 11 is 7.60. The van der Waals surface area contributed by atoms with Gasteiger partial charge in [0.15, 0.2) is 5.17 Å². The van der Waals surface area contributed by atoms with Gasteiger partial charge in [-0.1, -0.05) is 29.4 Å². The quantitative estimate of drug-likeness (QED) is 0.777. The van der Waals surface area contributed by atoms with E-state index >= 15 is 0 Å². The minimum absolute atomic E-state index is 0.0209. The first-order chi connectivity index (χ1) is 12.5. The standard InChI is InChI=1S/C19H20ClN3O2S/c1-13(24)23(16-9-7-14(20)8-10-16)18-12-26-19(22(18)2)21-15-5-4-6-17(11-15)25-3/h4-11,18H,12H2,1-3H3. The Balaban J connectivity index is 1.86. The zero-order valence-corrected chi connectivity index (χ0v) is 16.4. The first-order valence-electron chi connectivity index (χ1n) is 8.13. The minimum atomic E-state index is -0.108. The number of nitrogens with zero attached hydrogens (tertiary/aromatic N) is 3. The van der Waals surface area contributed by atoms with E-state index in [0.717, 1.165) is 28.0 Å². The maximum Gasteiger partial charge on any atom is 0.225 e. The number of rotatable bonds is 4. The van der Waals surface area contributed by atoms with E-state index in [4.69, 9.17) is 21.3 Å². The van der Waals surface area contributed by atoms with Gasteiger partial charge in [-0.15, -0.1) is 0 Å². The minimum Gasteiger partial charge on any atom is -0.497 e. The normalized spacial score (nSPS) is 18.2. The number of ether oxygens (including phenoxy) is 1. The van der Waals surface area contributed by atoms with Crippen LogP contribution in [0.2, 0.25) is 5.02 Å². The molecule has 26 heavy (non-hydrogen) atoms. The number of hydrogen-bond acceptors (Lipinski definition) is 4. The summed E-state index contributed by atoms with van der Waals surface area (Å²) < 4.78 is 5.25. The van der Waals surface area contributed by atoms with E-state index in [2.05, 4.69) is 0 Å². The summed E-state index contributed by atoms with van der Waals surface area (Å²) in [6, 6.07) is 14.9. The summed E-state index contributed by atoms with van der Waals surface area (Å²) in [6.45, 7) is 1.57. The molecule has 1 atom stereocenters. The van der Waals surface area contributed by atoms with Crippen LogP contribution in [0.3, 0.4) is 0 Å². The lowest BCUT2D eigenvalue weighted by Gasteiger charge is -2.32. The second-order valence-corrected chi connectivity index (χ2v) is 7.29. The van der Waals surface area contributed by atoms with Crippen LogP contribution >= 0.6 is 23.4 Å². The molecule has 0 aliphatic carbocycles. The second-order valence-electron chi connectivity index (χ2n) is 5.86. The molecule has 136 valence electrons. The van der Waals surface area contributed by atoms with Crippen molar-refractivity contribution in [2.75, 3.05) is 24.8 Å². The molecule has 1 heterocycles. The Labute approximate surface area is 162 Å². The second kappa shape index (κ2) is 8.01. The van der Waals surface area contributed by atoms with Crippen molar-refractivity contribution in [2.24, 2.45) is 4.99 Å². The lowest BCUT2D eigenvalue weighted by Crippen LogP contribution is -2.48. The third-order valence-corrected chi connectivity index (χ3v) is 5.48. The van der Waals surface area contributed by atoms with Crippen molar-refractivity contribution in [3.63, 3.8) is 0 Å². The molecular weight excluding hydrogens is 370 g/mol. The summed E-state index contributed by atoms with van der Waals surface area (Å²) in [5.74, 6) is 1.48. The van der Waals surface area contributed by atoms with E-state index in [1.165, 1.54) is 0 Å². The molecule has 5 nitrogen and oxygen atoms in total. The van der Waals surface area contributed by atoms with Crippen LogP contribution in [0.25, 0.3) is 0 Å². The number of benzene rings is 2. The molecule has 1 amide bonds. The van der Waals surface area contributed by atoms with Crippen molar-refractivity contribution in [3.05, 3.63) is 53.6 Å². The number of aliphatic imine (C=N–C) groups is 1. The topological polar surface area (TPSA) is 45.1 Å². The van der Waals surface area contributed by atoms with Crippen molar-refractivity contribution >= 4 is 45.8 Å². The lowest BCUT2D eigenvalue weighted by atomic mass is 10.2. The summed E-state index contributed by atoms with van der Waals surface area (Å²) in [5.41, 5.74) is 1.64. The van der Waals surface area contributed by atoms with Gasteiger partial charge in [0.2, 0.25) is 5.91 Å². The van der Waals surface area contributed by atoms with Crippen LogP contribution in [0.1, 0.15) is 6.92 Å². The number of halogens is 1. The number of carbonyl (C=O) groups excluding carboxylic acids is 1. The number of thioether (sulfide) groups is 1. The van der Waals surface area contributed by atoms with Gasteiger partial charge in [0.05, 0.1) is 12.8 Å². The molecule has 3 rings (SSSR count). The smallest absolute Gasteiger partial charge is 0.225 e. The van der Waals surface area contributed by atoms with Crippen LogP contribution in [0.15, 0.2) is 53.5 Å². The Kier molecular flexibility index (Phi) is 5.74. The Bertz CT molecular complexity index is 826. The van der Waals surface area contributed by atoms with Gasteiger partial charge >= 0.3 is 0 Å². The third kappa shape index (κ3) is 3.97. The number of carbonyl (C=O) groups is 1. The number of hydrogen-bond donors (Lipinski definition) is 0. The van der Waals surface area contributed by atoms with Crippen LogP contribution in [-0.2, 0) is 4.79 Å². The van der Waals surface area contributed by atoms with Gasteiger partial charge in [-0.05, 0) is 36.4 Å². The number of anilines is 1. The largest absolute Gasteiger partial charge is 0.497 e. The first kappa shape index (κ1) is 18.6. The molecule has 1 unspecified atom stereocenters. The van der Waals surface area contributed by atoms with E-state index in [-0.39, 0.29) is 12.1 Å². The van der Waals surface area contributed by atoms with Crippen molar-refractivity contribution in [3.8, 4) is 5.75 Å². The predicted molar refractivity (Wildman–Crippen MR) is 109 cm³/mol. The molecule has 0 N–H and O–H groups in total. The molecular formula is C19H20ClN3O2S. The fourth-order valence-corrected chi connectivity index (χ4v) is 4.10. The van der Waals surface area contributed by atoms with E-state index in [0.29, 0.717) is 5.02 Å². The predicted octanol–water partition coefficient (Wildman–Crippen LogP) is 4.39. The molecule has 0 aromatic heterocycles. The van der Waals surface area contributed by atoms with Crippen LogP contribution in [0.4, 0.5) is 11.4 Å². The molecule has 2 aromatic rings. The van der Waals surface area contributed by atoms with Crippen LogP contribution < -0.4 is 9.64 Å². The van der Waals surface area contributed by atoms with Crippen LogP contribution in [0.5, 0.6) is 5.75 Å². The van der Waals surface area contributed by atoms with E-state index < -0.39 is 0 Å². The molecule has 1 aliphatic rings. The molecule has 0 saturated carbocycles. The van der Waals surface area contributed by atoms with Gasteiger partial charge in [0, 0.05) is 36.5 Å². The van der Waals surface area contributed by atoms with Crippen LogP contribution in [-0.4, -0.2) is 42.1 Å². The van der Waals surface area contributed by atoms with Gasteiger partial charge in [-0.25, -0.2) is 4.99 Å². The zero-order valence-electron chi connectivity index (χ0n) is 14.8.